The van der Waals surface area contributed by atoms with Gasteiger partial charge in [0.05, 0.1) is 16.7 Å². The zero-order valence-corrected chi connectivity index (χ0v) is 19.7. The van der Waals surface area contributed by atoms with Gasteiger partial charge in [0.1, 0.15) is 11.2 Å². The van der Waals surface area contributed by atoms with E-state index in [0.717, 1.165) is 16.6 Å². The summed E-state index contributed by atoms with van der Waals surface area (Å²) in [4.78, 5) is 0. The molecule has 35 heavy (non-hydrogen) atoms. The monoisotopic (exact) mass is 449 g/mol. The molecule has 0 saturated heterocycles. The second-order valence-corrected chi connectivity index (χ2v) is 10.2. The van der Waals surface area contributed by atoms with Crippen LogP contribution < -0.4 is 0 Å². The SMILES string of the molecule is CC1(C)c2ccccc2-n2c3ccc(-c4cccc5oc6ccccc6c45)cc3c3cccc1c32. The quantitative estimate of drug-likeness (QED) is 0.244. The van der Waals surface area contributed by atoms with Gasteiger partial charge in [-0.3, -0.25) is 0 Å². The van der Waals surface area contributed by atoms with E-state index in [9.17, 15) is 0 Å². The summed E-state index contributed by atoms with van der Waals surface area (Å²) >= 11 is 0. The van der Waals surface area contributed by atoms with Crippen molar-refractivity contribution in [2.45, 2.75) is 19.3 Å². The molecule has 2 heteroatoms. The first kappa shape index (κ1) is 19.1. The molecule has 0 N–H and O–H groups in total. The van der Waals surface area contributed by atoms with Gasteiger partial charge in [0.15, 0.2) is 0 Å². The van der Waals surface area contributed by atoms with Crippen LogP contribution in [0.5, 0.6) is 0 Å². The second-order valence-electron chi connectivity index (χ2n) is 10.2. The summed E-state index contributed by atoms with van der Waals surface area (Å²) in [5.41, 5.74) is 10.9. The first-order valence-electron chi connectivity index (χ1n) is 12.2. The third-order valence-electron chi connectivity index (χ3n) is 7.99. The molecule has 5 aromatic carbocycles. The Morgan fingerprint density at radius 3 is 2.31 bits per heavy atom. The topological polar surface area (TPSA) is 18.1 Å². The Labute approximate surface area is 203 Å². The van der Waals surface area contributed by atoms with Crippen molar-refractivity contribution in [3.8, 4) is 16.8 Å². The number of benzene rings is 5. The van der Waals surface area contributed by atoms with Gasteiger partial charge in [-0.1, -0.05) is 86.6 Å². The van der Waals surface area contributed by atoms with Gasteiger partial charge in [-0.15, -0.1) is 0 Å². The van der Waals surface area contributed by atoms with Crippen LogP contribution in [0.1, 0.15) is 25.0 Å². The van der Waals surface area contributed by atoms with Gasteiger partial charge >= 0.3 is 0 Å². The first-order chi connectivity index (χ1) is 17.1. The highest BCUT2D eigenvalue weighted by Crippen LogP contribution is 2.48. The molecule has 1 aliphatic rings. The lowest BCUT2D eigenvalue weighted by Gasteiger charge is -2.34. The average Bonchev–Trinajstić information content (AvgIpc) is 3.43. The maximum atomic E-state index is 6.18. The summed E-state index contributed by atoms with van der Waals surface area (Å²) < 4.78 is 8.65. The van der Waals surface area contributed by atoms with Crippen molar-refractivity contribution in [3.63, 3.8) is 0 Å². The highest BCUT2D eigenvalue weighted by Gasteiger charge is 2.34. The summed E-state index contributed by atoms with van der Waals surface area (Å²) in [7, 11) is 0. The van der Waals surface area contributed by atoms with E-state index in [2.05, 4.69) is 109 Å². The minimum absolute atomic E-state index is 0.0510. The Morgan fingerprint density at radius 1 is 0.629 bits per heavy atom. The Morgan fingerprint density at radius 2 is 1.37 bits per heavy atom. The zero-order valence-electron chi connectivity index (χ0n) is 19.7. The van der Waals surface area contributed by atoms with E-state index >= 15 is 0 Å². The van der Waals surface area contributed by atoms with E-state index in [1.165, 1.54) is 55.1 Å². The van der Waals surface area contributed by atoms with Gasteiger partial charge in [0, 0.05) is 27.0 Å². The molecular weight excluding hydrogens is 426 g/mol. The number of rotatable bonds is 1. The van der Waals surface area contributed by atoms with Gasteiger partial charge in [0.2, 0.25) is 0 Å². The van der Waals surface area contributed by atoms with Crippen LogP contribution in [0.3, 0.4) is 0 Å². The molecule has 0 fully saturated rings. The molecule has 0 saturated carbocycles. The lowest BCUT2D eigenvalue weighted by Crippen LogP contribution is -2.26. The van der Waals surface area contributed by atoms with Gasteiger partial charge in [0.25, 0.3) is 0 Å². The van der Waals surface area contributed by atoms with E-state index in [1.807, 2.05) is 12.1 Å². The van der Waals surface area contributed by atoms with Gasteiger partial charge in [-0.2, -0.15) is 0 Å². The maximum Gasteiger partial charge on any atom is 0.136 e. The molecule has 2 aromatic heterocycles. The molecule has 0 unspecified atom stereocenters. The lowest BCUT2D eigenvalue weighted by atomic mass is 9.75. The normalized spacial score (nSPS) is 14.2. The largest absolute Gasteiger partial charge is 0.456 e. The lowest BCUT2D eigenvalue weighted by molar-refractivity contribution is 0.630. The van der Waals surface area contributed by atoms with Gasteiger partial charge in [-0.25, -0.2) is 0 Å². The molecule has 7 aromatic rings. The molecule has 0 radical (unpaired) electrons. The van der Waals surface area contributed by atoms with E-state index in [-0.39, 0.29) is 5.41 Å². The molecule has 2 nitrogen and oxygen atoms in total. The number of hydrogen-bond acceptors (Lipinski definition) is 1. The number of para-hydroxylation sites is 3. The minimum Gasteiger partial charge on any atom is -0.456 e. The van der Waals surface area contributed by atoms with Crippen LogP contribution in [0.15, 0.2) is 108 Å². The fourth-order valence-electron chi connectivity index (χ4n) is 6.35. The van der Waals surface area contributed by atoms with Crippen LogP contribution in [0.4, 0.5) is 0 Å². The molecule has 0 amide bonds. The minimum atomic E-state index is -0.0510. The van der Waals surface area contributed by atoms with Crippen LogP contribution in [0, 0.1) is 0 Å². The smallest absolute Gasteiger partial charge is 0.136 e. The molecule has 0 atom stereocenters. The standard InChI is InChI=1S/C33H23NO/c1-33(2)25-12-4-5-14-28(25)34-27-18-17-20(19-24(27)22-11-7-13-26(33)32(22)34)21-10-8-16-30-31(21)23-9-3-6-15-29(23)35-30/h3-19H,1-2H3. The van der Waals surface area contributed by atoms with Crippen molar-refractivity contribution in [1.82, 2.24) is 4.57 Å². The zero-order chi connectivity index (χ0) is 23.3. The summed E-state index contributed by atoms with van der Waals surface area (Å²) in [5, 5.41) is 4.95. The number of nitrogens with zero attached hydrogens (tertiary/aromatic N) is 1. The number of furan rings is 1. The summed E-state index contributed by atoms with van der Waals surface area (Å²) in [5.74, 6) is 0. The van der Waals surface area contributed by atoms with Crippen LogP contribution in [0.25, 0.3) is 60.6 Å². The van der Waals surface area contributed by atoms with Crippen molar-refractivity contribution in [1.29, 1.82) is 0 Å². The Bertz CT molecular complexity index is 1980. The highest BCUT2D eigenvalue weighted by molar-refractivity contribution is 6.16. The molecule has 1 aliphatic heterocycles. The number of aromatic nitrogens is 1. The highest BCUT2D eigenvalue weighted by atomic mass is 16.3. The fraction of sp³-hybridized carbons (Fsp3) is 0.0909. The van der Waals surface area contributed by atoms with Crippen molar-refractivity contribution in [2.75, 3.05) is 0 Å². The van der Waals surface area contributed by atoms with Crippen molar-refractivity contribution in [3.05, 3.63) is 114 Å². The van der Waals surface area contributed by atoms with Crippen LogP contribution in [-0.4, -0.2) is 4.57 Å². The average molecular weight is 450 g/mol. The molecule has 0 aliphatic carbocycles. The van der Waals surface area contributed by atoms with E-state index in [0.29, 0.717) is 0 Å². The van der Waals surface area contributed by atoms with Crippen molar-refractivity contribution >= 4 is 43.7 Å². The van der Waals surface area contributed by atoms with Crippen LogP contribution in [0.2, 0.25) is 0 Å². The molecule has 8 rings (SSSR count). The Kier molecular flexibility index (Phi) is 3.50. The van der Waals surface area contributed by atoms with E-state index in [1.54, 1.807) is 0 Å². The third-order valence-corrected chi connectivity index (χ3v) is 7.99. The predicted molar refractivity (Wildman–Crippen MR) is 146 cm³/mol. The maximum absolute atomic E-state index is 6.18. The molecular formula is C33H23NO. The third kappa shape index (κ3) is 2.34. The fourth-order valence-corrected chi connectivity index (χ4v) is 6.35. The summed E-state index contributed by atoms with van der Waals surface area (Å²) in [6.07, 6.45) is 0. The number of hydrogen-bond donors (Lipinski definition) is 0. The van der Waals surface area contributed by atoms with E-state index in [4.69, 9.17) is 4.42 Å². The van der Waals surface area contributed by atoms with Crippen molar-refractivity contribution in [2.24, 2.45) is 0 Å². The van der Waals surface area contributed by atoms with E-state index < -0.39 is 0 Å². The van der Waals surface area contributed by atoms with Gasteiger partial charge < -0.3 is 8.98 Å². The Balaban J connectivity index is 1.49. The van der Waals surface area contributed by atoms with Crippen LogP contribution >= 0.6 is 0 Å². The van der Waals surface area contributed by atoms with Crippen LogP contribution in [-0.2, 0) is 5.41 Å². The molecule has 3 heterocycles. The van der Waals surface area contributed by atoms with Crippen molar-refractivity contribution < 1.29 is 4.42 Å². The second kappa shape index (κ2) is 6.43. The molecule has 0 bridgehead atoms. The summed E-state index contributed by atoms with van der Waals surface area (Å²) in [6.45, 7) is 4.69. The van der Waals surface area contributed by atoms with Gasteiger partial charge in [-0.05, 0) is 52.6 Å². The summed E-state index contributed by atoms with van der Waals surface area (Å²) in [6, 6.07) is 37.3. The number of fused-ring (bicyclic) bond motifs is 8. The predicted octanol–water partition coefficient (Wildman–Crippen LogP) is 8.99. The Hall–Kier alpha value is -4.30. The molecule has 0 spiro atoms. The molecule has 166 valence electrons. The first-order valence-corrected chi connectivity index (χ1v) is 12.2.